The molecule has 1 rings (SSSR count). The van der Waals surface area contributed by atoms with E-state index in [1.165, 1.54) is 6.54 Å². The molecule has 0 saturated carbocycles. The minimum absolute atomic E-state index is 0.412. The summed E-state index contributed by atoms with van der Waals surface area (Å²) in [5, 5.41) is 3.39. The highest BCUT2D eigenvalue weighted by Crippen LogP contribution is 2.06. The molecule has 1 N–H and O–H groups in total. The molecule has 2 atom stereocenters. The summed E-state index contributed by atoms with van der Waals surface area (Å²) in [6.07, 6.45) is 0.412. The molecule has 1 saturated heterocycles. The van der Waals surface area contributed by atoms with Crippen molar-refractivity contribution in [2.45, 2.75) is 26.9 Å². The Morgan fingerprint density at radius 3 is 3.00 bits per heavy atom. The summed E-state index contributed by atoms with van der Waals surface area (Å²) in [5.74, 6) is 0.736. The maximum atomic E-state index is 5.51. The van der Waals surface area contributed by atoms with Crippen LogP contribution in [0.5, 0.6) is 0 Å². The van der Waals surface area contributed by atoms with E-state index in [0.717, 1.165) is 38.7 Å². The molecule has 0 aromatic heterocycles. The van der Waals surface area contributed by atoms with Crippen LogP contribution in [0.15, 0.2) is 0 Å². The first-order chi connectivity index (χ1) is 6.72. The Morgan fingerprint density at radius 2 is 2.36 bits per heavy atom. The van der Waals surface area contributed by atoms with E-state index >= 15 is 0 Å². The van der Waals surface area contributed by atoms with E-state index in [2.05, 4.69) is 31.0 Å². The molecule has 14 heavy (non-hydrogen) atoms. The highest BCUT2D eigenvalue weighted by molar-refractivity contribution is 4.70. The molecule has 1 aliphatic heterocycles. The van der Waals surface area contributed by atoms with Gasteiger partial charge >= 0.3 is 0 Å². The molecule has 2 unspecified atom stereocenters. The second-order valence-corrected chi connectivity index (χ2v) is 4.35. The number of morpholine rings is 1. The zero-order valence-corrected chi connectivity index (χ0v) is 9.75. The highest BCUT2D eigenvalue weighted by Gasteiger charge is 2.17. The molecule has 1 heterocycles. The van der Waals surface area contributed by atoms with E-state index in [1.807, 2.05) is 0 Å². The number of ether oxygens (including phenoxy) is 1. The summed E-state index contributed by atoms with van der Waals surface area (Å²) in [5.41, 5.74) is 0. The smallest absolute Gasteiger partial charge is 0.0674 e. The summed E-state index contributed by atoms with van der Waals surface area (Å²) in [4.78, 5) is 2.51. The van der Waals surface area contributed by atoms with Crippen molar-refractivity contribution in [3.05, 3.63) is 0 Å². The van der Waals surface area contributed by atoms with Gasteiger partial charge in [0.1, 0.15) is 0 Å². The van der Waals surface area contributed by atoms with Crippen LogP contribution in [0.1, 0.15) is 20.8 Å². The molecular weight excluding hydrogens is 176 g/mol. The van der Waals surface area contributed by atoms with Crippen molar-refractivity contribution in [2.24, 2.45) is 5.92 Å². The molecular formula is C11H24N2O. The minimum atomic E-state index is 0.412. The van der Waals surface area contributed by atoms with Crippen molar-refractivity contribution in [3.8, 4) is 0 Å². The van der Waals surface area contributed by atoms with Crippen LogP contribution in [0, 0.1) is 5.92 Å². The second kappa shape index (κ2) is 6.38. The van der Waals surface area contributed by atoms with Gasteiger partial charge in [-0.25, -0.2) is 0 Å². The van der Waals surface area contributed by atoms with Crippen molar-refractivity contribution in [1.82, 2.24) is 10.2 Å². The Balaban J connectivity index is 2.15. The Hall–Kier alpha value is -0.120. The largest absolute Gasteiger partial charge is 0.376 e. The van der Waals surface area contributed by atoms with Crippen LogP contribution in [0.2, 0.25) is 0 Å². The molecule has 0 amide bonds. The molecule has 0 bridgehead atoms. The number of nitrogens with one attached hydrogen (secondary N) is 1. The third kappa shape index (κ3) is 4.40. The summed E-state index contributed by atoms with van der Waals surface area (Å²) < 4.78 is 5.51. The average Bonchev–Trinajstić information content (AvgIpc) is 2.15. The Bertz CT molecular complexity index is 152. The van der Waals surface area contributed by atoms with Crippen molar-refractivity contribution in [2.75, 3.05) is 39.3 Å². The predicted molar refractivity (Wildman–Crippen MR) is 59.6 cm³/mol. The minimum Gasteiger partial charge on any atom is -0.376 e. The van der Waals surface area contributed by atoms with Crippen LogP contribution in [0.25, 0.3) is 0 Å². The van der Waals surface area contributed by atoms with Crippen molar-refractivity contribution < 1.29 is 4.74 Å². The van der Waals surface area contributed by atoms with Gasteiger partial charge in [0.25, 0.3) is 0 Å². The molecule has 0 spiro atoms. The number of hydrogen-bond donors (Lipinski definition) is 1. The fourth-order valence-electron chi connectivity index (χ4n) is 1.95. The van der Waals surface area contributed by atoms with Gasteiger partial charge in [0.05, 0.1) is 12.7 Å². The fraction of sp³-hybridized carbons (Fsp3) is 1.00. The molecule has 3 nitrogen and oxygen atoms in total. The third-order valence-corrected chi connectivity index (χ3v) is 2.64. The number of nitrogens with zero attached hydrogens (tertiary/aromatic N) is 1. The highest BCUT2D eigenvalue weighted by atomic mass is 16.5. The standard InChI is InChI=1S/C11H24N2O/c1-4-12-7-10(2)8-13-5-6-14-11(3)9-13/h10-12H,4-9H2,1-3H3. The van der Waals surface area contributed by atoms with Crippen molar-refractivity contribution >= 4 is 0 Å². The van der Waals surface area contributed by atoms with E-state index in [0.29, 0.717) is 6.10 Å². The van der Waals surface area contributed by atoms with E-state index < -0.39 is 0 Å². The van der Waals surface area contributed by atoms with Crippen molar-refractivity contribution in [1.29, 1.82) is 0 Å². The monoisotopic (exact) mass is 200 g/mol. The van der Waals surface area contributed by atoms with Gasteiger partial charge in [-0.15, -0.1) is 0 Å². The molecule has 3 heteroatoms. The normalized spacial score (nSPS) is 26.4. The first kappa shape index (κ1) is 12.0. The summed E-state index contributed by atoms with van der Waals surface area (Å²) >= 11 is 0. The van der Waals surface area contributed by atoms with E-state index in [4.69, 9.17) is 4.74 Å². The maximum absolute atomic E-state index is 5.51. The molecule has 0 aromatic rings. The molecule has 1 fully saturated rings. The van der Waals surface area contributed by atoms with Gasteiger partial charge in [0, 0.05) is 19.6 Å². The third-order valence-electron chi connectivity index (χ3n) is 2.64. The van der Waals surface area contributed by atoms with Crippen LogP contribution in [0.4, 0.5) is 0 Å². The van der Waals surface area contributed by atoms with Crippen LogP contribution in [-0.4, -0.2) is 50.3 Å². The van der Waals surface area contributed by atoms with E-state index in [1.54, 1.807) is 0 Å². The Morgan fingerprint density at radius 1 is 1.57 bits per heavy atom. The Labute approximate surface area is 87.8 Å². The number of rotatable bonds is 5. The SMILES string of the molecule is CCNCC(C)CN1CCOC(C)C1. The second-order valence-electron chi connectivity index (χ2n) is 4.35. The lowest BCUT2D eigenvalue weighted by atomic mass is 10.1. The molecule has 1 aliphatic rings. The lowest BCUT2D eigenvalue weighted by molar-refractivity contribution is -0.0222. The molecule has 0 aromatic carbocycles. The zero-order chi connectivity index (χ0) is 10.4. The van der Waals surface area contributed by atoms with Gasteiger partial charge in [0.15, 0.2) is 0 Å². The van der Waals surface area contributed by atoms with Crippen LogP contribution in [0.3, 0.4) is 0 Å². The molecule has 0 radical (unpaired) electrons. The Kier molecular flexibility index (Phi) is 5.45. The first-order valence-corrected chi connectivity index (χ1v) is 5.77. The van der Waals surface area contributed by atoms with Crippen LogP contribution >= 0.6 is 0 Å². The van der Waals surface area contributed by atoms with Gasteiger partial charge in [-0.1, -0.05) is 13.8 Å². The van der Waals surface area contributed by atoms with Gasteiger partial charge in [0.2, 0.25) is 0 Å². The predicted octanol–water partition coefficient (Wildman–Crippen LogP) is 0.953. The lowest BCUT2D eigenvalue weighted by Gasteiger charge is -2.32. The topological polar surface area (TPSA) is 24.5 Å². The molecule has 0 aliphatic carbocycles. The van der Waals surface area contributed by atoms with Crippen molar-refractivity contribution in [3.63, 3.8) is 0 Å². The maximum Gasteiger partial charge on any atom is 0.0674 e. The van der Waals surface area contributed by atoms with Gasteiger partial charge < -0.3 is 10.1 Å². The quantitative estimate of drug-likeness (QED) is 0.715. The summed E-state index contributed by atoms with van der Waals surface area (Å²) in [7, 11) is 0. The van der Waals surface area contributed by atoms with Crippen LogP contribution in [-0.2, 0) is 4.74 Å². The zero-order valence-electron chi connectivity index (χ0n) is 9.75. The van der Waals surface area contributed by atoms with Gasteiger partial charge in [-0.05, 0) is 25.9 Å². The summed E-state index contributed by atoms with van der Waals surface area (Å²) in [6.45, 7) is 13.1. The lowest BCUT2D eigenvalue weighted by Crippen LogP contribution is -2.44. The van der Waals surface area contributed by atoms with E-state index in [-0.39, 0.29) is 0 Å². The van der Waals surface area contributed by atoms with Gasteiger partial charge in [-0.3, -0.25) is 4.90 Å². The fourth-order valence-corrected chi connectivity index (χ4v) is 1.95. The average molecular weight is 200 g/mol. The van der Waals surface area contributed by atoms with Crippen LogP contribution < -0.4 is 5.32 Å². The van der Waals surface area contributed by atoms with Gasteiger partial charge in [-0.2, -0.15) is 0 Å². The van der Waals surface area contributed by atoms with E-state index in [9.17, 15) is 0 Å². The molecule has 84 valence electrons. The first-order valence-electron chi connectivity index (χ1n) is 5.77. The number of hydrogen-bond acceptors (Lipinski definition) is 3. The summed E-state index contributed by atoms with van der Waals surface area (Å²) in [6, 6.07) is 0.